The molecule has 6 rings (SSSR count). The first-order valence-electron chi connectivity index (χ1n) is 15.0. The Bertz CT molecular complexity index is 1770. The SMILES string of the molecule is CCNC(=O)[C@H]1O[C@@H](n2cnc3c(NCC(c4ccccc4)c4ccccc4)nc(C(=O)NCc4cn(C)cn4)nc32)[C@@H](O)[C@@H]1O. The van der Waals surface area contributed by atoms with Gasteiger partial charge in [0.15, 0.2) is 29.3 Å². The van der Waals surface area contributed by atoms with Crippen molar-refractivity contribution in [3.8, 4) is 0 Å². The Morgan fingerprint density at radius 1 is 0.935 bits per heavy atom. The molecule has 0 aliphatic carbocycles. The van der Waals surface area contributed by atoms with E-state index < -0.39 is 36.4 Å². The second-order valence-corrected chi connectivity index (χ2v) is 11.0. The molecule has 2 amide bonds. The molecule has 14 heteroatoms. The molecular weight excluding hydrogens is 590 g/mol. The van der Waals surface area contributed by atoms with Crippen LogP contribution in [0.25, 0.3) is 11.2 Å². The number of hydrogen-bond acceptors (Lipinski definition) is 10. The number of aliphatic hydroxyl groups is 2. The highest BCUT2D eigenvalue weighted by atomic mass is 16.6. The zero-order valence-electron chi connectivity index (χ0n) is 25.3. The van der Waals surface area contributed by atoms with Gasteiger partial charge in [-0.25, -0.2) is 19.9 Å². The lowest BCUT2D eigenvalue weighted by molar-refractivity contribution is -0.137. The summed E-state index contributed by atoms with van der Waals surface area (Å²) in [5, 5.41) is 30.3. The molecule has 1 aliphatic rings. The molecule has 0 unspecified atom stereocenters. The number of aromatic nitrogens is 6. The molecule has 1 saturated heterocycles. The smallest absolute Gasteiger partial charge is 0.289 e. The van der Waals surface area contributed by atoms with Crippen LogP contribution in [0.1, 0.15) is 46.5 Å². The first-order chi connectivity index (χ1) is 22.3. The first kappa shape index (κ1) is 30.8. The zero-order valence-corrected chi connectivity index (χ0v) is 25.3. The molecule has 0 bridgehead atoms. The fraction of sp³-hybridized carbons (Fsp3) is 0.312. The van der Waals surface area contributed by atoms with Gasteiger partial charge in [0.2, 0.25) is 5.82 Å². The number of nitrogens with one attached hydrogen (secondary N) is 3. The quantitative estimate of drug-likeness (QED) is 0.144. The van der Waals surface area contributed by atoms with Crippen molar-refractivity contribution in [2.75, 3.05) is 18.4 Å². The number of nitrogens with zero attached hydrogens (tertiary/aromatic N) is 6. The molecule has 4 atom stereocenters. The highest BCUT2D eigenvalue weighted by Gasteiger charge is 2.47. The van der Waals surface area contributed by atoms with Gasteiger partial charge < -0.3 is 35.5 Å². The summed E-state index contributed by atoms with van der Waals surface area (Å²) in [6, 6.07) is 20.1. The molecule has 14 nitrogen and oxygen atoms in total. The Morgan fingerprint density at radius 2 is 1.63 bits per heavy atom. The maximum atomic E-state index is 13.4. The minimum absolute atomic E-state index is 0.0658. The second-order valence-electron chi connectivity index (χ2n) is 11.0. The van der Waals surface area contributed by atoms with Crippen LogP contribution >= 0.6 is 0 Å². The number of carbonyl (C=O) groups excluding carboxylic acids is 2. The van der Waals surface area contributed by atoms with Crippen LogP contribution in [0.15, 0.2) is 79.5 Å². The van der Waals surface area contributed by atoms with Crippen molar-refractivity contribution in [2.24, 2.45) is 7.05 Å². The number of fused-ring (bicyclic) bond motifs is 1. The number of ether oxygens (including phenoxy) is 1. The highest BCUT2D eigenvalue weighted by molar-refractivity contribution is 5.94. The van der Waals surface area contributed by atoms with Crippen LogP contribution < -0.4 is 16.0 Å². The Balaban J connectivity index is 1.36. The summed E-state index contributed by atoms with van der Waals surface area (Å²) in [4.78, 5) is 43.7. The summed E-state index contributed by atoms with van der Waals surface area (Å²) < 4.78 is 9.01. The maximum Gasteiger partial charge on any atom is 0.289 e. The number of amides is 2. The first-order valence-corrected chi connectivity index (χ1v) is 15.0. The molecule has 46 heavy (non-hydrogen) atoms. The van der Waals surface area contributed by atoms with E-state index in [9.17, 15) is 19.8 Å². The van der Waals surface area contributed by atoms with Gasteiger partial charge in [-0.15, -0.1) is 0 Å². The maximum absolute atomic E-state index is 13.4. The molecule has 2 aromatic carbocycles. The molecule has 0 radical (unpaired) electrons. The average Bonchev–Trinajstić information content (AvgIpc) is 3.78. The number of aryl methyl sites for hydroxylation is 1. The minimum Gasteiger partial charge on any atom is -0.387 e. The number of aliphatic hydroxyl groups excluding tert-OH is 2. The third-order valence-electron chi connectivity index (χ3n) is 7.81. The van der Waals surface area contributed by atoms with E-state index in [1.54, 1.807) is 24.0 Å². The Labute approximate surface area is 264 Å². The zero-order chi connectivity index (χ0) is 32.2. The molecule has 0 saturated carbocycles. The van der Waals surface area contributed by atoms with E-state index in [1.807, 2.05) is 43.4 Å². The fourth-order valence-electron chi connectivity index (χ4n) is 5.51. The van der Waals surface area contributed by atoms with Gasteiger partial charge in [-0.3, -0.25) is 14.2 Å². The molecule has 5 aromatic rings. The van der Waals surface area contributed by atoms with Crippen molar-refractivity contribution < 1.29 is 24.5 Å². The van der Waals surface area contributed by atoms with Crippen molar-refractivity contribution in [2.45, 2.75) is 43.9 Å². The van der Waals surface area contributed by atoms with E-state index in [2.05, 4.69) is 60.2 Å². The van der Waals surface area contributed by atoms with Gasteiger partial charge >= 0.3 is 0 Å². The van der Waals surface area contributed by atoms with Crippen molar-refractivity contribution in [3.05, 3.63) is 102 Å². The van der Waals surface area contributed by atoms with Crippen LogP contribution in [0, 0.1) is 0 Å². The van der Waals surface area contributed by atoms with Gasteiger partial charge in [-0.05, 0) is 18.1 Å². The molecule has 0 spiro atoms. The summed E-state index contributed by atoms with van der Waals surface area (Å²) >= 11 is 0. The van der Waals surface area contributed by atoms with E-state index in [0.29, 0.717) is 24.3 Å². The number of imidazole rings is 2. The van der Waals surface area contributed by atoms with E-state index in [4.69, 9.17) is 4.74 Å². The Morgan fingerprint density at radius 3 is 2.26 bits per heavy atom. The lowest BCUT2D eigenvalue weighted by Gasteiger charge is -2.20. The third kappa shape index (κ3) is 6.31. The lowest BCUT2D eigenvalue weighted by Crippen LogP contribution is -2.42. The van der Waals surface area contributed by atoms with Crippen LogP contribution in [0.3, 0.4) is 0 Å². The third-order valence-corrected chi connectivity index (χ3v) is 7.81. The van der Waals surface area contributed by atoms with Crippen LogP contribution in [-0.4, -0.2) is 82.5 Å². The van der Waals surface area contributed by atoms with Crippen molar-refractivity contribution in [1.29, 1.82) is 0 Å². The Kier molecular flexibility index (Phi) is 9.01. The summed E-state index contributed by atoms with van der Waals surface area (Å²) in [7, 11) is 1.83. The average molecular weight is 626 g/mol. The van der Waals surface area contributed by atoms with Gasteiger partial charge in [0.25, 0.3) is 11.8 Å². The minimum atomic E-state index is -1.49. The number of carbonyl (C=O) groups is 2. The van der Waals surface area contributed by atoms with E-state index in [-0.39, 0.29) is 29.8 Å². The molecule has 238 valence electrons. The van der Waals surface area contributed by atoms with Gasteiger partial charge in [-0.1, -0.05) is 60.7 Å². The molecule has 5 N–H and O–H groups in total. The topological polar surface area (TPSA) is 181 Å². The lowest BCUT2D eigenvalue weighted by atomic mass is 9.91. The monoisotopic (exact) mass is 625 g/mol. The molecule has 4 heterocycles. The number of anilines is 1. The van der Waals surface area contributed by atoms with E-state index in [1.165, 1.54) is 10.9 Å². The van der Waals surface area contributed by atoms with Gasteiger partial charge in [0, 0.05) is 32.3 Å². The predicted molar refractivity (Wildman–Crippen MR) is 168 cm³/mol. The van der Waals surface area contributed by atoms with Crippen molar-refractivity contribution >= 4 is 28.8 Å². The molecule has 1 fully saturated rings. The number of rotatable bonds is 11. The number of benzene rings is 2. The summed E-state index contributed by atoms with van der Waals surface area (Å²) in [5.41, 5.74) is 3.30. The Hall–Kier alpha value is -5.18. The largest absolute Gasteiger partial charge is 0.387 e. The molecular formula is C32H35N9O5. The summed E-state index contributed by atoms with van der Waals surface area (Å²) in [5.74, 6) is -1.04. The van der Waals surface area contributed by atoms with Crippen LogP contribution in [-0.2, 0) is 23.1 Å². The van der Waals surface area contributed by atoms with Crippen LogP contribution in [0.4, 0.5) is 5.82 Å². The highest BCUT2D eigenvalue weighted by Crippen LogP contribution is 2.33. The van der Waals surface area contributed by atoms with Crippen LogP contribution in [0.5, 0.6) is 0 Å². The fourth-order valence-corrected chi connectivity index (χ4v) is 5.51. The van der Waals surface area contributed by atoms with Crippen LogP contribution in [0.2, 0.25) is 0 Å². The van der Waals surface area contributed by atoms with Gasteiger partial charge in [0.05, 0.1) is 24.9 Å². The normalized spacial score (nSPS) is 19.4. The number of likely N-dealkylation sites (N-methyl/N-ethyl adjacent to an activating group) is 1. The molecule has 1 aliphatic heterocycles. The summed E-state index contributed by atoms with van der Waals surface area (Å²) in [6.45, 7) is 2.62. The predicted octanol–water partition coefficient (Wildman–Crippen LogP) is 1.49. The van der Waals surface area contributed by atoms with Gasteiger partial charge in [-0.2, -0.15) is 0 Å². The standard InChI is InChI=1S/C32H35N9O5/c1-3-33-30(44)26-24(42)25(43)32(46-26)41-18-37-23-27(34-15-22(19-10-6-4-7-11-19)20-12-8-5-9-13-20)38-28(39-29(23)41)31(45)35-14-21-16-40(2)17-36-21/h4-13,16-18,22,24-26,32,42-43H,3,14-15H2,1-2H3,(H,33,44)(H,35,45)(H,34,38,39)/t24-,25-,26-,32+/m0/s1. The summed E-state index contributed by atoms with van der Waals surface area (Å²) in [6.07, 6.45) is -0.681. The van der Waals surface area contributed by atoms with E-state index >= 15 is 0 Å². The van der Waals surface area contributed by atoms with E-state index in [0.717, 1.165) is 11.1 Å². The van der Waals surface area contributed by atoms with Gasteiger partial charge in [0.1, 0.15) is 12.2 Å². The van der Waals surface area contributed by atoms with Crippen molar-refractivity contribution in [1.82, 2.24) is 39.7 Å². The molecule has 3 aromatic heterocycles. The van der Waals surface area contributed by atoms with Crippen molar-refractivity contribution in [3.63, 3.8) is 0 Å². The second kappa shape index (κ2) is 13.4. The number of hydrogen-bond donors (Lipinski definition) is 5.